The van der Waals surface area contributed by atoms with E-state index >= 15 is 0 Å². The van der Waals surface area contributed by atoms with Gasteiger partial charge in [-0.25, -0.2) is 4.39 Å². The Kier molecular flexibility index (Phi) is 6.08. The summed E-state index contributed by atoms with van der Waals surface area (Å²) in [5, 5.41) is 16.0. The summed E-state index contributed by atoms with van der Waals surface area (Å²) in [5.41, 5.74) is 6.14. The summed E-state index contributed by atoms with van der Waals surface area (Å²) in [5.74, 6) is 0.714. The van der Waals surface area contributed by atoms with Crippen LogP contribution in [0.4, 0.5) is 4.39 Å². The van der Waals surface area contributed by atoms with Crippen LogP contribution in [0.1, 0.15) is 55.3 Å². The zero-order valence-corrected chi connectivity index (χ0v) is 22.2. The smallest absolute Gasteiger partial charge is 0.141 e. The van der Waals surface area contributed by atoms with Crippen molar-refractivity contribution in [3.63, 3.8) is 0 Å². The monoisotopic (exact) mass is 513 g/mol. The van der Waals surface area contributed by atoms with Crippen LogP contribution in [0.3, 0.4) is 0 Å². The zero-order chi connectivity index (χ0) is 26.6. The maximum Gasteiger partial charge on any atom is 0.141 e. The van der Waals surface area contributed by atoms with Crippen LogP contribution in [0.25, 0.3) is 33.1 Å². The molecule has 1 atom stereocenters. The van der Waals surface area contributed by atoms with Gasteiger partial charge in [-0.2, -0.15) is 0 Å². The maximum atomic E-state index is 14.6. The van der Waals surface area contributed by atoms with E-state index < -0.39 is 5.60 Å². The van der Waals surface area contributed by atoms with E-state index in [0.29, 0.717) is 13.2 Å². The highest BCUT2D eigenvalue weighted by Gasteiger charge is 2.31. The van der Waals surface area contributed by atoms with Gasteiger partial charge in [0.2, 0.25) is 0 Å². The molecule has 4 heterocycles. The molecule has 0 saturated carbocycles. The maximum absolute atomic E-state index is 14.6. The minimum Gasteiger partial charge on any atom is -0.386 e. The summed E-state index contributed by atoms with van der Waals surface area (Å²) < 4.78 is 28.1. The van der Waals surface area contributed by atoms with Gasteiger partial charge in [-0.05, 0) is 81.8 Å². The molecule has 1 fully saturated rings. The summed E-state index contributed by atoms with van der Waals surface area (Å²) in [6.07, 6.45) is 3.60. The van der Waals surface area contributed by atoms with Crippen LogP contribution in [0.15, 0.2) is 59.3 Å². The van der Waals surface area contributed by atoms with E-state index in [1.807, 2.05) is 38.2 Å². The minimum atomic E-state index is -1.02. The molecule has 5 aromatic rings. The predicted molar refractivity (Wildman–Crippen MR) is 146 cm³/mol. The standard InChI is InChI=1S/C31H32FN3O3/c1-18-28(19(2)38-34-18)22-15-27-29(33-17-22)25-9-8-23(31(3,4)36)16-26(25)35(27)30(20-10-12-37-13-11-20)21-6-5-7-24(32)14-21/h5-9,14-17,20,30,36H,10-13H2,1-4H3. The van der Waals surface area contributed by atoms with E-state index in [4.69, 9.17) is 14.2 Å². The number of fused-ring (bicyclic) bond motifs is 3. The van der Waals surface area contributed by atoms with Crippen molar-refractivity contribution in [1.29, 1.82) is 0 Å². The number of halogens is 1. The van der Waals surface area contributed by atoms with Gasteiger partial charge >= 0.3 is 0 Å². The van der Waals surface area contributed by atoms with E-state index in [1.54, 1.807) is 26.0 Å². The lowest BCUT2D eigenvalue weighted by molar-refractivity contribution is 0.0552. The topological polar surface area (TPSA) is 73.3 Å². The molecule has 6 nitrogen and oxygen atoms in total. The van der Waals surface area contributed by atoms with Gasteiger partial charge in [0.25, 0.3) is 0 Å². The molecule has 2 aromatic carbocycles. The third-order valence-corrected chi connectivity index (χ3v) is 7.85. The first-order valence-electron chi connectivity index (χ1n) is 13.2. The Balaban J connectivity index is 1.70. The molecule has 0 aliphatic carbocycles. The Morgan fingerprint density at radius 1 is 1.05 bits per heavy atom. The molecule has 0 bridgehead atoms. The van der Waals surface area contributed by atoms with Gasteiger partial charge in [-0.15, -0.1) is 0 Å². The van der Waals surface area contributed by atoms with Gasteiger partial charge in [0.15, 0.2) is 0 Å². The number of aryl methyl sites for hydroxylation is 2. The first kappa shape index (κ1) is 24.8. The van der Waals surface area contributed by atoms with E-state index in [9.17, 15) is 9.50 Å². The van der Waals surface area contributed by atoms with Crippen LogP contribution in [0, 0.1) is 25.6 Å². The van der Waals surface area contributed by atoms with E-state index in [2.05, 4.69) is 21.9 Å². The number of aliphatic hydroxyl groups is 1. The number of hydrogen-bond acceptors (Lipinski definition) is 5. The third kappa shape index (κ3) is 4.20. The van der Waals surface area contributed by atoms with Gasteiger partial charge < -0.3 is 18.9 Å². The van der Waals surface area contributed by atoms with E-state index in [-0.39, 0.29) is 17.8 Å². The number of nitrogens with zero attached hydrogens (tertiary/aromatic N) is 3. The Morgan fingerprint density at radius 2 is 1.84 bits per heavy atom. The molecular weight excluding hydrogens is 481 g/mol. The van der Waals surface area contributed by atoms with Gasteiger partial charge in [0, 0.05) is 35.9 Å². The van der Waals surface area contributed by atoms with Crippen molar-refractivity contribution in [2.45, 2.75) is 52.2 Å². The average Bonchev–Trinajstić information content (AvgIpc) is 3.40. The Labute approximate surface area is 221 Å². The van der Waals surface area contributed by atoms with Crippen molar-refractivity contribution < 1.29 is 18.8 Å². The molecule has 196 valence electrons. The van der Waals surface area contributed by atoms with Crippen molar-refractivity contribution in [2.24, 2.45) is 5.92 Å². The zero-order valence-electron chi connectivity index (χ0n) is 22.2. The van der Waals surface area contributed by atoms with Crippen molar-refractivity contribution >= 4 is 21.9 Å². The largest absolute Gasteiger partial charge is 0.386 e. The highest BCUT2D eigenvalue weighted by Crippen LogP contribution is 2.42. The number of rotatable bonds is 5. The molecular formula is C31H32FN3O3. The number of ether oxygens (including phenoxy) is 1. The van der Waals surface area contributed by atoms with E-state index in [1.165, 1.54) is 6.07 Å². The lowest BCUT2D eigenvalue weighted by Crippen LogP contribution is -2.27. The second-order valence-electron chi connectivity index (χ2n) is 10.9. The fraction of sp³-hybridized carbons (Fsp3) is 0.355. The van der Waals surface area contributed by atoms with Crippen LogP contribution in [0.2, 0.25) is 0 Å². The van der Waals surface area contributed by atoms with Gasteiger partial charge in [0.1, 0.15) is 11.6 Å². The van der Waals surface area contributed by atoms with Crippen molar-refractivity contribution in [3.8, 4) is 11.1 Å². The molecule has 0 radical (unpaired) electrons. The summed E-state index contributed by atoms with van der Waals surface area (Å²) in [6.45, 7) is 8.76. The summed E-state index contributed by atoms with van der Waals surface area (Å²) in [7, 11) is 0. The number of benzene rings is 2. The molecule has 1 unspecified atom stereocenters. The number of pyridine rings is 1. The quantitative estimate of drug-likeness (QED) is 0.278. The van der Waals surface area contributed by atoms with Crippen molar-refractivity contribution in [2.75, 3.05) is 13.2 Å². The van der Waals surface area contributed by atoms with Crippen LogP contribution in [-0.2, 0) is 10.3 Å². The molecule has 0 spiro atoms. The predicted octanol–water partition coefficient (Wildman–Crippen LogP) is 6.84. The lowest BCUT2D eigenvalue weighted by Gasteiger charge is -2.33. The fourth-order valence-electron chi connectivity index (χ4n) is 5.97. The molecule has 1 saturated heterocycles. The van der Waals surface area contributed by atoms with Gasteiger partial charge in [0.05, 0.1) is 33.9 Å². The molecule has 1 N–H and O–H groups in total. The molecule has 38 heavy (non-hydrogen) atoms. The molecule has 7 heteroatoms. The summed E-state index contributed by atoms with van der Waals surface area (Å²) in [6, 6.07) is 15.0. The first-order chi connectivity index (χ1) is 18.2. The number of aromatic nitrogens is 3. The van der Waals surface area contributed by atoms with E-state index in [0.717, 1.165) is 68.5 Å². The van der Waals surface area contributed by atoms with Crippen LogP contribution in [-0.4, -0.2) is 33.0 Å². The van der Waals surface area contributed by atoms with Crippen LogP contribution < -0.4 is 0 Å². The SMILES string of the molecule is Cc1noc(C)c1-c1cnc2c3ccc(C(C)(C)O)cc3n(C(c3cccc(F)c3)C3CCOCC3)c2c1. The fourth-order valence-corrected chi connectivity index (χ4v) is 5.97. The highest BCUT2D eigenvalue weighted by molar-refractivity contribution is 6.07. The first-order valence-corrected chi connectivity index (χ1v) is 13.2. The third-order valence-electron chi connectivity index (χ3n) is 7.85. The van der Waals surface area contributed by atoms with Gasteiger partial charge in [-0.1, -0.05) is 29.4 Å². The second kappa shape index (κ2) is 9.33. The Bertz CT molecular complexity index is 1620. The second-order valence-corrected chi connectivity index (χ2v) is 10.9. The minimum absolute atomic E-state index is 0.145. The molecule has 0 amide bonds. The average molecular weight is 514 g/mol. The Morgan fingerprint density at radius 3 is 2.53 bits per heavy atom. The van der Waals surface area contributed by atoms with Gasteiger partial charge in [-0.3, -0.25) is 4.98 Å². The number of hydrogen-bond donors (Lipinski definition) is 1. The molecule has 3 aromatic heterocycles. The van der Waals surface area contributed by atoms with Crippen molar-refractivity contribution in [1.82, 2.24) is 14.7 Å². The van der Waals surface area contributed by atoms with Crippen LogP contribution >= 0.6 is 0 Å². The Hall–Kier alpha value is -3.55. The normalized spacial score (nSPS) is 15.9. The lowest BCUT2D eigenvalue weighted by atomic mass is 9.86. The molecule has 6 rings (SSSR count). The van der Waals surface area contributed by atoms with Crippen molar-refractivity contribution in [3.05, 3.63) is 83.1 Å². The molecule has 1 aliphatic heterocycles. The summed E-state index contributed by atoms with van der Waals surface area (Å²) >= 11 is 0. The summed E-state index contributed by atoms with van der Waals surface area (Å²) in [4.78, 5) is 4.95. The molecule has 1 aliphatic rings. The highest BCUT2D eigenvalue weighted by atomic mass is 19.1. The van der Waals surface area contributed by atoms with Crippen LogP contribution in [0.5, 0.6) is 0 Å².